The molecular formula is C36H30N2O5. The number of carbonyl (C=O) groups is 4. The summed E-state index contributed by atoms with van der Waals surface area (Å²) >= 11 is 0. The van der Waals surface area contributed by atoms with E-state index in [1.165, 1.54) is 4.90 Å². The number of fused-ring (bicyclic) bond motifs is 6. The molecule has 0 N–H and O–H groups in total. The number of rotatable bonds is 6. The summed E-state index contributed by atoms with van der Waals surface area (Å²) in [6.07, 6.45) is 4.07. The third-order valence-corrected chi connectivity index (χ3v) is 9.14. The average Bonchev–Trinajstić information content (AvgIpc) is 3.70. The Morgan fingerprint density at radius 1 is 0.884 bits per heavy atom. The molecule has 2 aliphatic carbocycles. The highest BCUT2D eigenvalue weighted by atomic mass is 16.5. The van der Waals surface area contributed by atoms with E-state index < -0.39 is 12.1 Å². The zero-order valence-corrected chi connectivity index (χ0v) is 24.1. The summed E-state index contributed by atoms with van der Waals surface area (Å²) in [7, 11) is 0. The molecule has 0 radical (unpaired) electrons. The summed E-state index contributed by atoms with van der Waals surface area (Å²) < 4.78 is 5.69. The molecule has 0 unspecified atom stereocenters. The van der Waals surface area contributed by atoms with Crippen molar-refractivity contribution in [3.8, 4) is 11.3 Å². The second-order valence-corrected chi connectivity index (χ2v) is 11.9. The highest BCUT2D eigenvalue weighted by Crippen LogP contribution is 2.53. The van der Waals surface area contributed by atoms with Gasteiger partial charge in [0.2, 0.25) is 17.6 Å². The standard InChI is InChI=1S/C36H30N2O5/c1-19-7-9-23(10-8-19)33(39)21(3)43-36(42)28-18-29(37-32-20(2)5-4-6-27(28)32)22-13-15-26(16-14-22)38-34(40)30-24-11-12-25(17-24)31(30)35(38)41/h4-16,18,21,24-25,30-31H,17H2,1-3H3/t21-,24+,25+,30-,31+/m1/s1. The number of amides is 2. The van der Waals surface area contributed by atoms with E-state index in [1.54, 1.807) is 37.3 Å². The number of esters is 1. The van der Waals surface area contributed by atoms with Gasteiger partial charge in [-0.2, -0.15) is 0 Å². The van der Waals surface area contributed by atoms with Crippen molar-refractivity contribution in [3.05, 3.63) is 107 Å². The topological polar surface area (TPSA) is 93.6 Å². The van der Waals surface area contributed by atoms with Crippen LogP contribution >= 0.6 is 0 Å². The summed E-state index contributed by atoms with van der Waals surface area (Å²) in [5.74, 6) is -1.38. The molecule has 2 fully saturated rings. The van der Waals surface area contributed by atoms with E-state index in [1.807, 2.05) is 56.3 Å². The molecule has 1 saturated carbocycles. The highest BCUT2D eigenvalue weighted by Gasteiger charge is 2.59. The van der Waals surface area contributed by atoms with E-state index in [0.29, 0.717) is 39.0 Å². The number of pyridine rings is 1. The number of ketones is 1. The summed E-state index contributed by atoms with van der Waals surface area (Å²) in [4.78, 5) is 59.2. The molecule has 1 aliphatic heterocycles. The van der Waals surface area contributed by atoms with Gasteiger partial charge in [0.1, 0.15) is 0 Å². The zero-order valence-electron chi connectivity index (χ0n) is 24.1. The van der Waals surface area contributed by atoms with E-state index >= 15 is 0 Å². The van der Waals surface area contributed by atoms with Crippen LogP contribution in [0.2, 0.25) is 0 Å². The predicted octanol–water partition coefficient (Wildman–Crippen LogP) is 6.26. The summed E-state index contributed by atoms with van der Waals surface area (Å²) in [5, 5.41) is 0.628. The van der Waals surface area contributed by atoms with E-state index in [-0.39, 0.29) is 41.3 Å². The predicted molar refractivity (Wildman–Crippen MR) is 163 cm³/mol. The molecule has 3 aromatic carbocycles. The molecule has 7 nitrogen and oxygen atoms in total. The van der Waals surface area contributed by atoms with Gasteiger partial charge in [-0.15, -0.1) is 0 Å². The maximum Gasteiger partial charge on any atom is 0.339 e. The number of hydrogen-bond donors (Lipinski definition) is 0. The number of nitrogens with zero attached hydrogens (tertiary/aromatic N) is 2. The highest BCUT2D eigenvalue weighted by molar-refractivity contribution is 6.23. The molecule has 3 aliphatic rings. The fourth-order valence-electron chi connectivity index (χ4n) is 6.88. The van der Waals surface area contributed by atoms with Crippen molar-refractivity contribution in [2.24, 2.45) is 23.7 Å². The molecule has 1 saturated heterocycles. The quantitative estimate of drug-likeness (QED) is 0.118. The van der Waals surface area contributed by atoms with Gasteiger partial charge in [-0.05, 0) is 62.8 Å². The second kappa shape index (κ2) is 10.1. The van der Waals surface area contributed by atoms with E-state index in [9.17, 15) is 19.2 Å². The number of carbonyl (C=O) groups excluding carboxylic acids is 4. The summed E-state index contributed by atoms with van der Waals surface area (Å²) in [5.41, 5.74) is 5.13. The Kier molecular flexibility index (Phi) is 6.34. The number of aryl methyl sites for hydroxylation is 2. The lowest BCUT2D eigenvalue weighted by Gasteiger charge is -2.18. The molecule has 1 aromatic heterocycles. The molecule has 214 valence electrons. The van der Waals surface area contributed by atoms with Gasteiger partial charge in [0.25, 0.3) is 0 Å². The third kappa shape index (κ3) is 4.38. The second-order valence-electron chi connectivity index (χ2n) is 11.9. The molecule has 4 aromatic rings. The van der Waals surface area contributed by atoms with Gasteiger partial charge in [0.05, 0.1) is 34.3 Å². The molecule has 43 heavy (non-hydrogen) atoms. The fraction of sp³-hybridized carbons (Fsp3) is 0.250. The maximum absolute atomic E-state index is 13.5. The van der Waals surface area contributed by atoms with Gasteiger partial charge in [-0.1, -0.05) is 72.3 Å². The number of aromatic nitrogens is 1. The lowest BCUT2D eigenvalue weighted by Crippen LogP contribution is -2.32. The van der Waals surface area contributed by atoms with Gasteiger partial charge < -0.3 is 4.74 Å². The van der Waals surface area contributed by atoms with Crippen LogP contribution < -0.4 is 4.90 Å². The van der Waals surface area contributed by atoms with E-state index in [2.05, 4.69) is 12.2 Å². The molecule has 7 heteroatoms. The Morgan fingerprint density at radius 3 is 2.19 bits per heavy atom. The normalized spacial score (nSPS) is 22.7. The zero-order chi connectivity index (χ0) is 30.0. The lowest BCUT2D eigenvalue weighted by molar-refractivity contribution is -0.123. The average molecular weight is 571 g/mol. The van der Waals surface area contributed by atoms with Gasteiger partial charge >= 0.3 is 5.97 Å². The van der Waals surface area contributed by atoms with E-state index in [0.717, 1.165) is 17.5 Å². The van der Waals surface area contributed by atoms with Crippen LogP contribution in [0.15, 0.2) is 84.9 Å². The molecular weight excluding hydrogens is 540 g/mol. The number of Topliss-reactive ketones (excluding diaryl/α,β-unsaturated/α-hetero) is 1. The number of benzene rings is 3. The number of para-hydroxylation sites is 1. The van der Waals surface area contributed by atoms with Crippen LogP contribution in [0.4, 0.5) is 5.69 Å². The van der Waals surface area contributed by atoms with Gasteiger partial charge in [0.15, 0.2) is 6.10 Å². The monoisotopic (exact) mass is 570 g/mol. The summed E-state index contributed by atoms with van der Waals surface area (Å²) in [6.45, 7) is 5.44. The first kappa shape index (κ1) is 27.0. The van der Waals surface area contributed by atoms with Crippen LogP contribution in [0.1, 0.15) is 45.2 Å². The van der Waals surface area contributed by atoms with Crippen molar-refractivity contribution in [2.45, 2.75) is 33.3 Å². The van der Waals surface area contributed by atoms with Gasteiger partial charge in [-0.25, -0.2) is 9.78 Å². The number of allylic oxidation sites excluding steroid dienone is 2. The van der Waals surface area contributed by atoms with Crippen LogP contribution in [0.25, 0.3) is 22.2 Å². The molecule has 2 heterocycles. The van der Waals surface area contributed by atoms with Crippen molar-refractivity contribution in [1.82, 2.24) is 4.98 Å². The largest absolute Gasteiger partial charge is 0.451 e. The molecule has 5 atom stereocenters. The first-order valence-corrected chi connectivity index (χ1v) is 14.6. The van der Waals surface area contributed by atoms with Crippen molar-refractivity contribution in [3.63, 3.8) is 0 Å². The minimum atomic E-state index is -0.980. The number of hydrogen-bond acceptors (Lipinski definition) is 6. The Bertz CT molecular complexity index is 1830. The molecule has 2 amide bonds. The SMILES string of the molecule is Cc1ccc(C(=O)[C@@H](C)OC(=O)c2cc(-c3ccc(N4C(=O)[C@@H]5[C@H](C4=O)[C@H]4C=C[C@H]5C4)cc3)nc3c(C)cccc23)cc1. The molecule has 2 bridgehead atoms. The Hall–Kier alpha value is -4.91. The van der Waals surface area contributed by atoms with Crippen molar-refractivity contribution in [2.75, 3.05) is 4.90 Å². The number of anilines is 1. The number of imide groups is 1. The Balaban J connectivity index is 1.18. The van der Waals surface area contributed by atoms with Gasteiger partial charge in [-0.3, -0.25) is 19.3 Å². The first-order chi connectivity index (χ1) is 20.7. The van der Waals surface area contributed by atoms with Crippen molar-refractivity contribution < 1.29 is 23.9 Å². The Morgan fingerprint density at radius 2 is 1.53 bits per heavy atom. The fourth-order valence-corrected chi connectivity index (χ4v) is 6.88. The minimum absolute atomic E-state index is 0.126. The van der Waals surface area contributed by atoms with Crippen molar-refractivity contribution in [1.29, 1.82) is 0 Å². The summed E-state index contributed by atoms with van der Waals surface area (Å²) in [6, 6.07) is 21.5. The third-order valence-electron chi connectivity index (χ3n) is 9.14. The van der Waals surface area contributed by atoms with Crippen LogP contribution in [0, 0.1) is 37.5 Å². The first-order valence-electron chi connectivity index (χ1n) is 14.6. The maximum atomic E-state index is 13.5. The number of ether oxygens (including phenoxy) is 1. The van der Waals surface area contributed by atoms with Gasteiger partial charge in [0, 0.05) is 16.5 Å². The van der Waals surface area contributed by atoms with Crippen LogP contribution in [0.3, 0.4) is 0 Å². The lowest BCUT2D eigenvalue weighted by atomic mass is 9.85. The smallest absolute Gasteiger partial charge is 0.339 e. The Labute approximate surface area is 249 Å². The molecule has 7 rings (SSSR count). The van der Waals surface area contributed by atoms with E-state index in [4.69, 9.17) is 9.72 Å². The van der Waals surface area contributed by atoms with Crippen LogP contribution in [-0.2, 0) is 14.3 Å². The molecule has 0 spiro atoms. The van der Waals surface area contributed by atoms with Crippen LogP contribution in [0.5, 0.6) is 0 Å². The van der Waals surface area contributed by atoms with Crippen molar-refractivity contribution >= 4 is 40.2 Å². The van der Waals surface area contributed by atoms with Crippen LogP contribution in [-0.4, -0.2) is 34.7 Å². The minimum Gasteiger partial charge on any atom is -0.451 e.